The fourth-order valence-electron chi connectivity index (χ4n) is 4.63. The molecule has 1 atom stereocenters. The summed E-state index contributed by atoms with van der Waals surface area (Å²) in [5.74, 6) is 0.904. The highest BCUT2D eigenvalue weighted by Gasteiger charge is 2.35. The van der Waals surface area contributed by atoms with Crippen LogP contribution in [0.5, 0.6) is 11.5 Å². The molecule has 1 aliphatic carbocycles. The quantitative estimate of drug-likeness (QED) is 0.463. The molecule has 1 aliphatic rings. The number of carbonyl (C=O) groups is 2. The van der Waals surface area contributed by atoms with Crippen LogP contribution in [-0.4, -0.2) is 37.0 Å². The van der Waals surface area contributed by atoms with Crippen LogP contribution in [0, 0.1) is 0 Å². The van der Waals surface area contributed by atoms with Crippen LogP contribution in [0.25, 0.3) is 0 Å². The zero-order valence-corrected chi connectivity index (χ0v) is 20.2. The van der Waals surface area contributed by atoms with E-state index in [4.69, 9.17) is 13.9 Å². The SMILES string of the molecule is COc1ccc([C@H](C(=O)NC2CCCCC2)N(Cc2ccccc2OC)C(=O)c2ccco2)cc1. The van der Waals surface area contributed by atoms with Crippen LogP contribution in [-0.2, 0) is 11.3 Å². The molecular weight excluding hydrogens is 444 g/mol. The van der Waals surface area contributed by atoms with E-state index in [2.05, 4.69) is 5.32 Å². The first-order chi connectivity index (χ1) is 17.1. The molecule has 184 valence electrons. The lowest BCUT2D eigenvalue weighted by Crippen LogP contribution is -2.46. The van der Waals surface area contributed by atoms with Crippen LogP contribution in [0.4, 0.5) is 0 Å². The monoisotopic (exact) mass is 476 g/mol. The molecule has 1 fully saturated rings. The van der Waals surface area contributed by atoms with Crippen molar-refractivity contribution in [3.05, 3.63) is 83.8 Å². The maximum atomic E-state index is 13.8. The first-order valence-electron chi connectivity index (χ1n) is 12.0. The summed E-state index contributed by atoms with van der Waals surface area (Å²) in [4.78, 5) is 29.1. The Hall–Kier alpha value is -3.74. The highest BCUT2D eigenvalue weighted by atomic mass is 16.5. The lowest BCUT2D eigenvalue weighted by Gasteiger charge is -2.33. The zero-order chi connectivity index (χ0) is 24.6. The summed E-state index contributed by atoms with van der Waals surface area (Å²) in [6, 6.07) is 17.3. The first-order valence-corrected chi connectivity index (χ1v) is 12.0. The van der Waals surface area contributed by atoms with E-state index in [1.165, 1.54) is 12.7 Å². The Balaban J connectivity index is 1.75. The molecule has 1 N–H and O–H groups in total. The largest absolute Gasteiger partial charge is 0.497 e. The molecule has 35 heavy (non-hydrogen) atoms. The number of ether oxygens (including phenoxy) is 2. The highest BCUT2D eigenvalue weighted by Crippen LogP contribution is 2.30. The third-order valence-corrected chi connectivity index (χ3v) is 6.47. The van der Waals surface area contributed by atoms with E-state index < -0.39 is 6.04 Å². The number of furan rings is 1. The molecule has 1 heterocycles. The summed E-state index contributed by atoms with van der Waals surface area (Å²) < 4.78 is 16.3. The second-order valence-electron chi connectivity index (χ2n) is 8.74. The van der Waals surface area contributed by atoms with Gasteiger partial charge in [0.2, 0.25) is 5.91 Å². The number of benzene rings is 2. The number of hydrogen-bond acceptors (Lipinski definition) is 5. The average molecular weight is 477 g/mol. The Morgan fingerprint density at radius 3 is 2.37 bits per heavy atom. The highest BCUT2D eigenvalue weighted by molar-refractivity contribution is 5.96. The van der Waals surface area contributed by atoms with Gasteiger partial charge in [-0.25, -0.2) is 0 Å². The average Bonchev–Trinajstić information content (AvgIpc) is 3.44. The fraction of sp³-hybridized carbons (Fsp3) is 0.357. The van der Waals surface area contributed by atoms with E-state index in [0.29, 0.717) is 17.1 Å². The van der Waals surface area contributed by atoms with Crippen LogP contribution < -0.4 is 14.8 Å². The van der Waals surface area contributed by atoms with Crippen molar-refractivity contribution in [1.82, 2.24) is 10.2 Å². The maximum absolute atomic E-state index is 13.8. The second kappa shape index (κ2) is 11.6. The van der Waals surface area contributed by atoms with Crippen molar-refractivity contribution >= 4 is 11.8 Å². The number of nitrogens with zero attached hydrogens (tertiary/aromatic N) is 1. The minimum Gasteiger partial charge on any atom is -0.497 e. The minimum atomic E-state index is -0.870. The Labute approximate surface area is 206 Å². The van der Waals surface area contributed by atoms with Gasteiger partial charge in [0.25, 0.3) is 5.91 Å². The second-order valence-corrected chi connectivity index (χ2v) is 8.74. The van der Waals surface area contributed by atoms with E-state index >= 15 is 0 Å². The number of methoxy groups -OCH3 is 2. The van der Waals surface area contributed by atoms with Gasteiger partial charge in [0, 0.05) is 11.6 Å². The van der Waals surface area contributed by atoms with Crippen molar-refractivity contribution in [2.75, 3.05) is 14.2 Å². The molecule has 2 amide bonds. The van der Waals surface area contributed by atoms with Gasteiger partial charge in [0.1, 0.15) is 17.5 Å². The molecule has 0 saturated heterocycles. The molecule has 7 heteroatoms. The summed E-state index contributed by atoms with van der Waals surface area (Å²) in [6.45, 7) is 0.165. The van der Waals surface area contributed by atoms with E-state index in [1.54, 1.807) is 43.4 Å². The van der Waals surface area contributed by atoms with E-state index in [0.717, 1.165) is 31.2 Å². The Bertz CT molecular complexity index is 1100. The van der Waals surface area contributed by atoms with Gasteiger partial charge in [0.15, 0.2) is 5.76 Å². The number of hydrogen-bond donors (Lipinski definition) is 1. The van der Waals surface area contributed by atoms with Crippen molar-refractivity contribution in [3.63, 3.8) is 0 Å². The molecule has 0 aliphatic heterocycles. The van der Waals surface area contributed by atoms with Crippen molar-refractivity contribution in [3.8, 4) is 11.5 Å². The summed E-state index contributed by atoms with van der Waals surface area (Å²) in [7, 11) is 3.19. The standard InChI is InChI=1S/C28H32N2O5/c1-33-23-16-14-20(15-17-23)26(27(31)29-22-10-4-3-5-11-22)30(28(32)25-13-8-18-35-25)19-21-9-6-7-12-24(21)34-2/h6-9,12-18,22,26H,3-5,10-11,19H2,1-2H3,(H,29,31)/t26-/m1/s1. The molecule has 1 saturated carbocycles. The normalized spacial score (nSPS) is 14.7. The molecule has 3 aromatic rings. The molecule has 2 aromatic carbocycles. The molecule has 0 unspecified atom stereocenters. The van der Waals surface area contributed by atoms with Gasteiger partial charge < -0.3 is 24.1 Å². The first kappa shape index (κ1) is 24.4. The predicted octanol–water partition coefficient (Wildman–Crippen LogP) is 5.13. The number of para-hydroxylation sites is 1. The van der Waals surface area contributed by atoms with E-state index in [-0.39, 0.29) is 30.2 Å². The van der Waals surface area contributed by atoms with Crippen molar-refractivity contribution in [2.45, 2.75) is 50.7 Å². The fourth-order valence-corrected chi connectivity index (χ4v) is 4.63. The van der Waals surface area contributed by atoms with Gasteiger partial charge in [-0.15, -0.1) is 0 Å². The molecule has 0 radical (unpaired) electrons. The van der Waals surface area contributed by atoms with Crippen LogP contribution >= 0.6 is 0 Å². The lowest BCUT2D eigenvalue weighted by atomic mass is 9.94. The molecule has 1 aromatic heterocycles. The topological polar surface area (TPSA) is 81.0 Å². The third-order valence-electron chi connectivity index (χ3n) is 6.47. The van der Waals surface area contributed by atoms with Gasteiger partial charge in [-0.1, -0.05) is 49.6 Å². The molecule has 4 rings (SSSR count). The van der Waals surface area contributed by atoms with Crippen LogP contribution in [0.3, 0.4) is 0 Å². The lowest BCUT2D eigenvalue weighted by molar-refractivity contribution is -0.127. The molecule has 0 bridgehead atoms. The zero-order valence-electron chi connectivity index (χ0n) is 20.2. The summed E-state index contributed by atoms with van der Waals surface area (Å²) in [5, 5.41) is 3.22. The van der Waals surface area contributed by atoms with Crippen LogP contribution in [0.15, 0.2) is 71.3 Å². The van der Waals surface area contributed by atoms with E-state index in [9.17, 15) is 9.59 Å². The summed E-state index contributed by atoms with van der Waals surface area (Å²) >= 11 is 0. The van der Waals surface area contributed by atoms with Crippen LogP contribution in [0.1, 0.15) is 59.8 Å². The summed E-state index contributed by atoms with van der Waals surface area (Å²) in [5.41, 5.74) is 1.48. The molecular formula is C28H32N2O5. The number of amides is 2. The Morgan fingerprint density at radius 2 is 1.71 bits per heavy atom. The Morgan fingerprint density at radius 1 is 0.971 bits per heavy atom. The van der Waals surface area contributed by atoms with Gasteiger partial charge >= 0.3 is 0 Å². The number of rotatable bonds is 9. The van der Waals surface area contributed by atoms with E-state index in [1.807, 2.05) is 36.4 Å². The van der Waals surface area contributed by atoms with Gasteiger partial charge in [-0.05, 0) is 48.7 Å². The van der Waals surface area contributed by atoms with Gasteiger partial charge in [-0.3, -0.25) is 9.59 Å². The maximum Gasteiger partial charge on any atom is 0.290 e. The van der Waals surface area contributed by atoms with Crippen molar-refractivity contribution < 1.29 is 23.5 Å². The number of carbonyl (C=O) groups excluding carboxylic acids is 2. The summed E-state index contributed by atoms with van der Waals surface area (Å²) in [6.07, 6.45) is 6.71. The van der Waals surface area contributed by atoms with Gasteiger partial charge in [0.05, 0.1) is 27.0 Å². The minimum absolute atomic E-state index is 0.101. The van der Waals surface area contributed by atoms with Gasteiger partial charge in [-0.2, -0.15) is 0 Å². The predicted molar refractivity (Wildman–Crippen MR) is 132 cm³/mol. The van der Waals surface area contributed by atoms with Crippen molar-refractivity contribution in [1.29, 1.82) is 0 Å². The third kappa shape index (κ3) is 5.85. The molecule has 0 spiro atoms. The molecule has 7 nitrogen and oxygen atoms in total. The van der Waals surface area contributed by atoms with Crippen LogP contribution in [0.2, 0.25) is 0 Å². The Kier molecular flexibility index (Phi) is 8.08. The van der Waals surface area contributed by atoms with Crippen molar-refractivity contribution in [2.24, 2.45) is 0 Å². The number of nitrogens with one attached hydrogen (secondary N) is 1. The smallest absolute Gasteiger partial charge is 0.290 e.